The Morgan fingerprint density at radius 1 is 0.868 bits per heavy atom. The molecule has 1 N–H and O–H groups in total. The van der Waals surface area contributed by atoms with Gasteiger partial charge in [-0.05, 0) is 82.8 Å². The average Bonchev–Trinajstić information content (AvgIpc) is 3.44. The lowest BCUT2D eigenvalue weighted by Crippen LogP contribution is -2.50. The Balaban J connectivity index is 1.72. The number of hydrogen-bond acceptors (Lipinski definition) is 10. The molecule has 2 saturated heterocycles. The van der Waals surface area contributed by atoms with Gasteiger partial charge in [0.2, 0.25) is 5.88 Å². The van der Waals surface area contributed by atoms with Crippen LogP contribution in [0.2, 0.25) is 33.2 Å². The summed E-state index contributed by atoms with van der Waals surface area (Å²) in [5.74, 6) is 2.80. The van der Waals surface area contributed by atoms with Crippen molar-refractivity contribution in [1.29, 1.82) is 0 Å². The number of piperidine rings is 1. The third-order valence-electron chi connectivity index (χ3n) is 15.0. The fourth-order valence-electron chi connectivity index (χ4n) is 11.8. The molecule has 2 aromatic carbocycles. The van der Waals surface area contributed by atoms with Gasteiger partial charge in [-0.1, -0.05) is 102 Å². The second kappa shape index (κ2) is 20.6. The molecule has 15 heteroatoms. The van der Waals surface area contributed by atoms with Crippen LogP contribution < -0.4 is 18.8 Å². The zero-order valence-corrected chi connectivity index (χ0v) is 45.5. The largest absolute Gasteiger partial charge is 0.543 e. The van der Waals surface area contributed by atoms with Crippen molar-refractivity contribution in [3.05, 3.63) is 53.4 Å². The highest BCUT2D eigenvalue weighted by molar-refractivity contribution is 6.90. The molecule has 0 aliphatic carbocycles. The number of pyridine rings is 1. The van der Waals surface area contributed by atoms with Crippen molar-refractivity contribution < 1.29 is 36.9 Å². The number of rotatable bonds is 14. The second-order valence-electron chi connectivity index (χ2n) is 21.8. The SMILES string of the molecule is COc1nc(-c2cc(O[Si](C(C)C)(C(C)C)C(C)C)cc3ccc(F)c(C#C[Si](C(C)C)(C(C)C)C(C)C)c23)c(F)c2nc(OC[C@]3(C)CN(C)CC/C3=C\F)nc(N3CCOC[C@@](C)(O)C3)c12. The molecule has 0 radical (unpaired) electrons. The first kappa shape index (κ1) is 53.2. The molecule has 68 heavy (non-hydrogen) atoms. The van der Waals surface area contributed by atoms with Crippen molar-refractivity contribution in [2.45, 2.75) is 142 Å². The lowest BCUT2D eigenvalue weighted by molar-refractivity contribution is -0.0123. The highest BCUT2D eigenvalue weighted by atomic mass is 28.4. The van der Waals surface area contributed by atoms with Gasteiger partial charge in [-0.25, -0.2) is 18.2 Å². The van der Waals surface area contributed by atoms with Crippen LogP contribution in [0, 0.1) is 28.5 Å². The summed E-state index contributed by atoms with van der Waals surface area (Å²) in [4.78, 5) is 18.5. The van der Waals surface area contributed by atoms with E-state index in [1.54, 1.807) is 24.0 Å². The van der Waals surface area contributed by atoms with E-state index < -0.39 is 39.0 Å². The maximum atomic E-state index is 18.4. The first-order valence-electron chi connectivity index (χ1n) is 24.5. The highest BCUT2D eigenvalue weighted by Crippen LogP contribution is 2.47. The zero-order valence-electron chi connectivity index (χ0n) is 43.5. The van der Waals surface area contributed by atoms with E-state index in [0.29, 0.717) is 47.9 Å². The normalized spacial score (nSPS) is 20.7. The molecule has 0 spiro atoms. The Morgan fingerprint density at radius 3 is 2.10 bits per heavy atom. The molecular weight excluding hydrogens is 900 g/mol. The smallest absolute Gasteiger partial charge is 0.319 e. The van der Waals surface area contributed by atoms with Crippen molar-refractivity contribution >= 4 is 43.9 Å². The lowest BCUT2D eigenvalue weighted by Gasteiger charge is -2.42. The summed E-state index contributed by atoms with van der Waals surface area (Å²) in [7, 11) is -1.55. The summed E-state index contributed by atoms with van der Waals surface area (Å²) in [6.07, 6.45) is 1.18. The van der Waals surface area contributed by atoms with E-state index in [1.165, 1.54) is 13.2 Å². The number of methoxy groups -OCH3 is 1. The summed E-state index contributed by atoms with van der Waals surface area (Å²) in [5.41, 5.74) is 3.93. The summed E-state index contributed by atoms with van der Waals surface area (Å²) in [6.45, 7) is 32.0. The third-order valence-corrected chi connectivity index (χ3v) is 27.3. The van der Waals surface area contributed by atoms with Crippen LogP contribution in [0.4, 0.5) is 19.0 Å². The van der Waals surface area contributed by atoms with E-state index >= 15 is 8.78 Å². The van der Waals surface area contributed by atoms with Crippen LogP contribution in [0.25, 0.3) is 32.9 Å². The van der Waals surface area contributed by atoms with Gasteiger partial charge in [0.1, 0.15) is 54.3 Å². The van der Waals surface area contributed by atoms with Crippen LogP contribution in [-0.4, -0.2) is 107 Å². The van der Waals surface area contributed by atoms with E-state index in [-0.39, 0.29) is 112 Å². The van der Waals surface area contributed by atoms with Crippen molar-refractivity contribution in [1.82, 2.24) is 19.9 Å². The molecule has 0 unspecified atom stereocenters. The number of β-amino-alcohol motifs (C(OH)–C–C–N with tert-alkyl or cyclic N) is 1. The van der Waals surface area contributed by atoms with Gasteiger partial charge >= 0.3 is 6.01 Å². The molecule has 0 saturated carbocycles. The molecule has 4 aromatic rings. The van der Waals surface area contributed by atoms with Gasteiger partial charge in [-0.2, -0.15) is 9.97 Å². The fourth-order valence-corrected chi connectivity index (χ4v) is 22.2. The third kappa shape index (κ3) is 10.0. The van der Waals surface area contributed by atoms with Gasteiger partial charge in [-0.15, -0.1) is 5.54 Å². The molecule has 4 heterocycles. The molecule has 6 rings (SSSR count). The predicted molar refractivity (Wildman–Crippen MR) is 275 cm³/mol. The Morgan fingerprint density at radius 2 is 1.51 bits per heavy atom. The number of aliphatic hydroxyl groups is 1. The number of hydrogen-bond donors (Lipinski definition) is 1. The monoisotopic (exact) mass is 976 g/mol. The van der Waals surface area contributed by atoms with E-state index in [0.717, 1.165) is 0 Å². The van der Waals surface area contributed by atoms with Crippen molar-refractivity contribution in [2.75, 3.05) is 65.1 Å². The van der Waals surface area contributed by atoms with E-state index in [9.17, 15) is 9.50 Å². The molecule has 2 aliphatic rings. The zero-order chi connectivity index (χ0) is 50.3. The molecule has 2 fully saturated rings. The van der Waals surface area contributed by atoms with Crippen LogP contribution in [0.1, 0.15) is 109 Å². The minimum absolute atomic E-state index is 0.00200. The number of benzene rings is 2. The minimum Gasteiger partial charge on any atom is -0.543 e. The van der Waals surface area contributed by atoms with Gasteiger partial charge in [0.25, 0.3) is 8.32 Å². The molecule has 2 aliphatic heterocycles. The van der Waals surface area contributed by atoms with E-state index in [4.69, 9.17) is 33.6 Å². The summed E-state index contributed by atoms with van der Waals surface area (Å²) in [6, 6.07) is 6.69. The van der Waals surface area contributed by atoms with Crippen LogP contribution in [0.15, 0.2) is 36.2 Å². The molecule has 2 atom stereocenters. The highest BCUT2D eigenvalue weighted by Gasteiger charge is 2.47. The van der Waals surface area contributed by atoms with E-state index in [1.807, 2.05) is 20.0 Å². The summed E-state index contributed by atoms with van der Waals surface area (Å²) < 4.78 is 75.1. The Bertz CT molecular complexity index is 2530. The number of nitrogens with zero attached hydrogens (tertiary/aromatic N) is 5. The van der Waals surface area contributed by atoms with Gasteiger partial charge in [0.15, 0.2) is 5.82 Å². The molecule has 2 aromatic heterocycles. The maximum Gasteiger partial charge on any atom is 0.319 e. The van der Waals surface area contributed by atoms with Gasteiger partial charge in [0, 0.05) is 36.0 Å². The van der Waals surface area contributed by atoms with Crippen molar-refractivity contribution in [3.8, 4) is 40.4 Å². The maximum absolute atomic E-state index is 18.4. The van der Waals surface area contributed by atoms with Gasteiger partial charge < -0.3 is 33.5 Å². The number of ether oxygens (including phenoxy) is 3. The topological polar surface area (TPSA) is 102 Å². The van der Waals surface area contributed by atoms with Crippen molar-refractivity contribution in [2.24, 2.45) is 5.41 Å². The predicted octanol–water partition coefficient (Wildman–Crippen LogP) is 12.4. The molecule has 372 valence electrons. The molecule has 0 bridgehead atoms. The number of halogens is 3. The van der Waals surface area contributed by atoms with Gasteiger partial charge in [-0.3, -0.25) is 0 Å². The Kier molecular flexibility index (Phi) is 16.1. The fraction of sp³-hybridized carbons (Fsp3) is 0.604. The summed E-state index contributed by atoms with van der Waals surface area (Å²) in [5, 5.41) is 12.5. The van der Waals surface area contributed by atoms with Gasteiger partial charge in [0.05, 0.1) is 38.8 Å². The van der Waals surface area contributed by atoms with E-state index in [2.05, 4.69) is 99.4 Å². The van der Waals surface area contributed by atoms with Crippen LogP contribution >= 0.6 is 0 Å². The minimum atomic E-state index is -2.59. The quantitative estimate of drug-likeness (QED) is 0.0971. The average molecular weight is 976 g/mol. The number of anilines is 1. The lowest BCUT2D eigenvalue weighted by atomic mass is 9.78. The van der Waals surface area contributed by atoms with Crippen LogP contribution in [0.3, 0.4) is 0 Å². The second-order valence-corrected chi connectivity index (χ2v) is 32.8. The number of aromatic nitrogens is 3. The number of likely N-dealkylation sites (tertiary alicyclic amines) is 1. The standard InChI is InChI=1S/C53H76F3N5O5Si2/c1-32(2)67(33(3)4,34(5)6)24-20-41-43(55)18-17-38-25-40(66-68(35(7)8,36(9)10)37(11)12)26-42(44(38)41)47-46(56)48-45(50(57-47)63-16)49(61-22-23-64-31-53(14,62)29-61)59-51(58-48)65-30-52(13)28-60(15)21-19-39(52)27-54/h17-18,25-27,32-37,62H,19,21-23,28-31H2,1-16H3/b39-27+/t52-,53-/m0/s1. The Hall–Kier alpha value is -4.21. The van der Waals surface area contributed by atoms with Crippen LogP contribution in [-0.2, 0) is 4.74 Å². The first-order chi connectivity index (χ1) is 31.9. The molecule has 10 nitrogen and oxygen atoms in total. The molecule has 0 amide bonds. The molecular formula is C53H76F3N5O5Si2. The summed E-state index contributed by atoms with van der Waals surface area (Å²) >= 11 is 0. The van der Waals surface area contributed by atoms with Crippen LogP contribution in [0.5, 0.6) is 17.6 Å². The van der Waals surface area contributed by atoms with Crippen molar-refractivity contribution in [3.63, 3.8) is 0 Å². The first-order valence-corrected chi connectivity index (χ1v) is 28.8. The number of fused-ring (bicyclic) bond motifs is 2. The Labute approximate surface area is 405 Å².